The first-order valence-corrected chi connectivity index (χ1v) is 9.57. The van der Waals surface area contributed by atoms with Crippen molar-refractivity contribution in [3.63, 3.8) is 0 Å². The van der Waals surface area contributed by atoms with Crippen LogP contribution < -0.4 is 5.56 Å². The Labute approximate surface area is 131 Å². The Hall–Kier alpha value is -0.590. The van der Waals surface area contributed by atoms with Crippen molar-refractivity contribution in [2.75, 3.05) is 12.0 Å². The maximum absolute atomic E-state index is 12.9. The standard InChI is InChI=1S/C14H18N2OS3/c1-3-8(7-19-2)16-13(17)11-9-5-4-6-10(9)20-12(11)15-14(16)18/h8H,3-7H2,1-2H3,(H,15,18). The van der Waals surface area contributed by atoms with Gasteiger partial charge in [0, 0.05) is 16.7 Å². The Morgan fingerprint density at radius 2 is 2.30 bits per heavy atom. The lowest BCUT2D eigenvalue weighted by Gasteiger charge is -2.17. The van der Waals surface area contributed by atoms with Crippen molar-refractivity contribution < 1.29 is 0 Å². The van der Waals surface area contributed by atoms with Gasteiger partial charge in [0.2, 0.25) is 0 Å². The van der Waals surface area contributed by atoms with Crippen LogP contribution in [0.4, 0.5) is 0 Å². The van der Waals surface area contributed by atoms with Crippen molar-refractivity contribution in [1.29, 1.82) is 0 Å². The van der Waals surface area contributed by atoms with E-state index in [1.54, 1.807) is 27.7 Å². The van der Waals surface area contributed by atoms with E-state index in [0.29, 0.717) is 4.77 Å². The average Bonchev–Trinajstić information content (AvgIpc) is 2.97. The second-order valence-electron chi connectivity index (χ2n) is 5.18. The minimum atomic E-state index is 0.115. The summed E-state index contributed by atoms with van der Waals surface area (Å²) >= 11 is 8.91. The first kappa shape index (κ1) is 14.4. The van der Waals surface area contributed by atoms with E-state index in [0.717, 1.165) is 35.2 Å². The van der Waals surface area contributed by atoms with E-state index in [1.165, 1.54) is 16.9 Å². The first-order chi connectivity index (χ1) is 9.67. The average molecular weight is 327 g/mol. The van der Waals surface area contributed by atoms with Crippen molar-refractivity contribution in [3.8, 4) is 0 Å². The Kier molecular flexibility index (Phi) is 4.06. The molecule has 3 rings (SSSR count). The normalized spacial score (nSPS) is 15.7. The zero-order valence-electron chi connectivity index (χ0n) is 11.7. The number of hydrogen-bond acceptors (Lipinski definition) is 4. The number of thioether (sulfide) groups is 1. The number of nitrogens with zero attached hydrogens (tertiary/aromatic N) is 1. The number of rotatable bonds is 4. The summed E-state index contributed by atoms with van der Waals surface area (Å²) < 4.78 is 2.38. The third-order valence-corrected chi connectivity index (χ3v) is 6.21. The van der Waals surface area contributed by atoms with Gasteiger partial charge in [0.25, 0.3) is 5.56 Å². The molecule has 6 heteroatoms. The molecule has 2 heterocycles. The van der Waals surface area contributed by atoms with E-state index in [4.69, 9.17) is 12.2 Å². The van der Waals surface area contributed by atoms with Crippen molar-refractivity contribution in [2.24, 2.45) is 0 Å². The third-order valence-electron chi connectivity index (χ3n) is 3.99. The van der Waals surface area contributed by atoms with Crippen molar-refractivity contribution in [2.45, 2.75) is 38.6 Å². The van der Waals surface area contributed by atoms with E-state index in [9.17, 15) is 4.79 Å². The zero-order valence-corrected chi connectivity index (χ0v) is 14.1. The molecule has 1 atom stereocenters. The number of nitrogens with one attached hydrogen (secondary N) is 1. The van der Waals surface area contributed by atoms with Crippen LogP contribution in [0.2, 0.25) is 0 Å². The highest BCUT2D eigenvalue weighted by molar-refractivity contribution is 7.98. The molecule has 0 fully saturated rings. The van der Waals surface area contributed by atoms with E-state index in [1.807, 2.05) is 0 Å². The highest BCUT2D eigenvalue weighted by atomic mass is 32.2. The van der Waals surface area contributed by atoms with Crippen LogP contribution in [0, 0.1) is 4.77 Å². The van der Waals surface area contributed by atoms with Crippen molar-refractivity contribution in [3.05, 3.63) is 25.6 Å². The maximum atomic E-state index is 12.9. The van der Waals surface area contributed by atoms with Crippen LogP contribution in [0.25, 0.3) is 10.2 Å². The first-order valence-electron chi connectivity index (χ1n) is 6.95. The van der Waals surface area contributed by atoms with E-state index >= 15 is 0 Å². The summed E-state index contributed by atoms with van der Waals surface area (Å²) in [7, 11) is 0. The Morgan fingerprint density at radius 3 is 3.00 bits per heavy atom. The van der Waals surface area contributed by atoms with E-state index < -0.39 is 0 Å². The monoisotopic (exact) mass is 326 g/mol. The molecule has 1 aliphatic rings. The smallest absolute Gasteiger partial charge is 0.263 e. The molecular formula is C14H18N2OS3. The van der Waals surface area contributed by atoms with E-state index in [-0.39, 0.29) is 11.6 Å². The minimum absolute atomic E-state index is 0.115. The molecule has 2 aromatic rings. The van der Waals surface area contributed by atoms with Crippen LogP contribution in [-0.4, -0.2) is 21.6 Å². The van der Waals surface area contributed by atoms with Gasteiger partial charge < -0.3 is 4.98 Å². The Bertz CT molecular complexity index is 756. The van der Waals surface area contributed by atoms with Gasteiger partial charge in [-0.2, -0.15) is 11.8 Å². The quantitative estimate of drug-likeness (QED) is 0.865. The summed E-state index contributed by atoms with van der Waals surface area (Å²) in [6.45, 7) is 2.12. The van der Waals surface area contributed by atoms with Crippen LogP contribution in [0.5, 0.6) is 0 Å². The number of aromatic amines is 1. The number of thiophene rings is 1. The predicted octanol–water partition coefficient (Wildman–Crippen LogP) is 3.92. The topological polar surface area (TPSA) is 37.8 Å². The summed E-state index contributed by atoms with van der Waals surface area (Å²) in [4.78, 5) is 18.6. The van der Waals surface area contributed by atoms with Gasteiger partial charge in [-0.3, -0.25) is 9.36 Å². The Morgan fingerprint density at radius 1 is 1.50 bits per heavy atom. The summed E-state index contributed by atoms with van der Waals surface area (Å²) in [5, 5.41) is 0.899. The molecule has 0 spiro atoms. The summed E-state index contributed by atoms with van der Waals surface area (Å²) in [5.74, 6) is 0.922. The van der Waals surface area contributed by atoms with Crippen LogP contribution in [0.1, 0.15) is 36.2 Å². The second kappa shape index (κ2) is 5.66. The summed E-state index contributed by atoms with van der Waals surface area (Å²) in [5.41, 5.74) is 1.39. The van der Waals surface area contributed by atoms with Gasteiger partial charge in [-0.25, -0.2) is 0 Å². The predicted molar refractivity (Wildman–Crippen MR) is 91.0 cm³/mol. The number of aryl methyl sites for hydroxylation is 2. The molecular weight excluding hydrogens is 308 g/mol. The molecule has 1 aliphatic carbocycles. The molecule has 20 heavy (non-hydrogen) atoms. The zero-order chi connectivity index (χ0) is 14.3. The molecule has 3 nitrogen and oxygen atoms in total. The van der Waals surface area contributed by atoms with Crippen LogP contribution in [0.3, 0.4) is 0 Å². The fourth-order valence-electron chi connectivity index (χ4n) is 2.99. The molecule has 0 saturated carbocycles. The molecule has 0 bridgehead atoms. The van der Waals surface area contributed by atoms with E-state index in [2.05, 4.69) is 18.2 Å². The number of H-pyrrole nitrogens is 1. The summed E-state index contributed by atoms with van der Waals surface area (Å²) in [6.07, 6.45) is 6.32. The lowest BCUT2D eigenvalue weighted by atomic mass is 10.2. The second-order valence-corrected chi connectivity index (χ2v) is 7.59. The molecule has 1 N–H and O–H groups in total. The molecule has 0 amide bonds. The van der Waals surface area contributed by atoms with Gasteiger partial charge >= 0.3 is 0 Å². The van der Waals surface area contributed by atoms with Gasteiger partial charge in [0.1, 0.15) is 4.83 Å². The van der Waals surface area contributed by atoms with Crippen molar-refractivity contribution in [1.82, 2.24) is 9.55 Å². The van der Waals surface area contributed by atoms with Gasteiger partial charge in [0.05, 0.1) is 5.39 Å². The molecule has 1 unspecified atom stereocenters. The molecule has 0 radical (unpaired) electrons. The number of hydrogen-bond donors (Lipinski definition) is 1. The number of fused-ring (bicyclic) bond motifs is 3. The van der Waals surface area contributed by atoms with Gasteiger partial charge in [-0.05, 0) is 49.7 Å². The summed E-state index contributed by atoms with van der Waals surface area (Å²) in [6, 6.07) is 0.183. The van der Waals surface area contributed by atoms with Gasteiger partial charge in [-0.1, -0.05) is 6.92 Å². The highest BCUT2D eigenvalue weighted by Gasteiger charge is 2.23. The van der Waals surface area contributed by atoms with Crippen LogP contribution in [-0.2, 0) is 12.8 Å². The molecule has 0 saturated heterocycles. The van der Waals surface area contributed by atoms with Crippen molar-refractivity contribution >= 4 is 45.5 Å². The fraction of sp³-hybridized carbons (Fsp3) is 0.571. The maximum Gasteiger partial charge on any atom is 0.263 e. The highest BCUT2D eigenvalue weighted by Crippen LogP contribution is 2.34. The minimum Gasteiger partial charge on any atom is -0.323 e. The fourth-order valence-corrected chi connectivity index (χ4v) is 5.44. The molecule has 108 valence electrons. The van der Waals surface area contributed by atoms with Crippen LogP contribution >= 0.6 is 35.3 Å². The SMILES string of the molecule is CCC(CSC)n1c(=S)[nH]c2sc3c(c2c1=O)CCC3. The van der Waals surface area contributed by atoms with Gasteiger partial charge in [-0.15, -0.1) is 11.3 Å². The largest absolute Gasteiger partial charge is 0.323 e. The lowest BCUT2D eigenvalue weighted by Crippen LogP contribution is -2.27. The molecule has 2 aromatic heterocycles. The molecule has 0 aromatic carbocycles. The lowest BCUT2D eigenvalue weighted by molar-refractivity contribution is 0.512. The third kappa shape index (κ3) is 2.18. The van der Waals surface area contributed by atoms with Gasteiger partial charge in [0.15, 0.2) is 4.77 Å². The van der Waals surface area contributed by atoms with Crippen LogP contribution in [0.15, 0.2) is 4.79 Å². The Balaban J connectivity index is 2.28. The number of aromatic nitrogens is 2. The molecule has 0 aliphatic heterocycles.